The summed E-state index contributed by atoms with van der Waals surface area (Å²) in [7, 11) is 1.32. The first-order valence-electron chi connectivity index (χ1n) is 9.89. The van der Waals surface area contributed by atoms with Gasteiger partial charge in [0.2, 0.25) is 0 Å². The van der Waals surface area contributed by atoms with Crippen molar-refractivity contribution in [1.82, 2.24) is 0 Å². The molecule has 2 atom stereocenters. The summed E-state index contributed by atoms with van der Waals surface area (Å²) in [4.78, 5) is 0. The summed E-state index contributed by atoms with van der Waals surface area (Å²) in [6.07, 6.45) is 8.50. The maximum atomic E-state index is 14.5. The van der Waals surface area contributed by atoms with Crippen LogP contribution < -0.4 is 0 Å². The number of halogens is 2. The Bertz CT molecular complexity index is 636. The lowest BCUT2D eigenvalue weighted by Gasteiger charge is -2.27. The second-order valence-corrected chi connectivity index (χ2v) is 6.90. The molecule has 0 spiro atoms. The summed E-state index contributed by atoms with van der Waals surface area (Å²) in [6.45, 7) is 11.9. The minimum Gasteiger partial charge on any atom is -0.498 e. The molecule has 1 fully saturated rings. The van der Waals surface area contributed by atoms with E-state index in [1.165, 1.54) is 14.0 Å². The highest BCUT2D eigenvalue weighted by Gasteiger charge is 2.20. The van der Waals surface area contributed by atoms with Crippen LogP contribution >= 0.6 is 0 Å². The number of rotatable bonds is 10. The Hall–Kier alpha value is -1.72. The normalized spacial score (nSPS) is 23.1. The Kier molecular flexibility index (Phi) is 11.0. The third kappa shape index (κ3) is 7.36. The van der Waals surface area contributed by atoms with Gasteiger partial charge < -0.3 is 14.2 Å². The SMILES string of the molecule is C=CC1CCC(OC/C(=C/C=C(C)/C(CC)=C(F)/C(F)=C(\C)OC)CC)OC1. The fourth-order valence-electron chi connectivity index (χ4n) is 2.86. The van der Waals surface area contributed by atoms with E-state index in [1.807, 2.05) is 25.2 Å². The minimum absolute atomic E-state index is 0.0689. The van der Waals surface area contributed by atoms with Crippen LogP contribution in [0.5, 0.6) is 0 Å². The third-order valence-corrected chi connectivity index (χ3v) is 4.98. The zero-order valence-electron chi connectivity index (χ0n) is 17.8. The van der Waals surface area contributed by atoms with Crippen LogP contribution in [0.25, 0.3) is 0 Å². The highest BCUT2D eigenvalue weighted by Crippen LogP contribution is 2.28. The van der Waals surface area contributed by atoms with Gasteiger partial charge in [0.05, 0.1) is 20.3 Å². The third-order valence-electron chi connectivity index (χ3n) is 4.98. The first kappa shape index (κ1) is 24.3. The van der Waals surface area contributed by atoms with E-state index < -0.39 is 11.7 Å². The Morgan fingerprint density at radius 3 is 2.32 bits per heavy atom. The average Bonchev–Trinajstić information content (AvgIpc) is 2.73. The van der Waals surface area contributed by atoms with Gasteiger partial charge in [-0.1, -0.05) is 32.1 Å². The van der Waals surface area contributed by atoms with Crippen molar-refractivity contribution in [3.8, 4) is 0 Å². The molecule has 1 heterocycles. The molecule has 1 aliphatic rings. The van der Waals surface area contributed by atoms with Crippen LogP contribution in [0.2, 0.25) is 0 Å². The predicted molar refractivity (Wildman–Crippen MR) is 110 cm³/mol. The number of hydrogen-bond acceptors (Lipinski definition) is 3. The average molecular weight is 397 g/mol. The monoisotopic (exact) mass is 396 g/mol. The zero-order valence-corrected chi connectivity index (χ0v) is 17.8. The Balaban J connectivity index is 2.82. The standard InChI is InChI=1S/C23H34F2O3/c1-7-18(14-27-21-13-12-19(8-2)15-28-21)11-10-16(4)20(9-3)23(25)22(24)17(5)26-6/h8,10-11,19,21H,2,7,9,12-15H2,1,3-6H3/b16-10+,18-11+,22-17-,23-20-. The molecule has 0 aromatic heterocycles. The van der Waals surface area contributed by atoms with E-state index in [0.29, 0.717) is 36.7 Å². The molecular formula is C23H34F2O3. The fourth-order valence-corrected chi connectivity index (χ4v) is 2.86. The van der Waals surface area contributed by atoms with Crippen molar-refractivity contribution < 1.29 is 23.0 Å². The van der Waals surface area contributed by atoms with Crippen LogP contribution in [0.4, 0.5) is 8.78 Å². The molecule has 0 amide bonds. The van der Waals surface area contributed by atoms with Crippen LogP contribution in [0.15, 0.2) is 58.9 Å². The number of hydrogen-bond donors (Lipinski definition) is 0. The van der Waals surface area contributed by atoms with Crippen molar-refractivity contribution in [1.29, 1.82) is 0 Å². The lowest BCUT2D eigenvalue weighted by molar-refractivity contribution is -0.165. The quantitative estimate of drug-likeness (QED) is 0.233. The molecule has 1 saturated heterocycles. The van der Waals surface area contributed by atoms with Crippen molar-refractivity contribution in [3.63, 3.8) is 0 Å². The molecule has 1 aliphatic heterocycles. The minimum atomic E-state index is -0.956. The van der Waals surface area contributed by atoms with Gasteiger partial charge in [-0.3, -0.25) is 0 Å². The molecule has 0 aromatic carbocycles. The van der Waals surface area contributed by atoms with E-state index in [1.54, 1.807) is 13.8 Å². The molecular weight excluding hydrogens is 362 g/mol. The smallest absolute Gasteiger partial charge is 0.196 e. The van der Waals surface area contributed by atoms with Crippen molar-refractivity contribution in [2.24, 2.45) is 5.92 Å². The Morgan fingerprint density at radius 1 is 1.11 bits per heavy atom. The lowest BCUT2D eigenvalue weighted by Crippen LogP contribution is -2.27. The maximum absolute atomic E-state index is 14.5. The Labute approximate surface area is 168 Å². The first-order valence-corrected chi connectivity index (χ1v) is 9.89. The van der Waals surface area contributed by atoms with Gasteiger partial charge >= 0.3 is 0 Å². The summed E-state index contributed by atoms with van der Waals surface area (Å²) in [6, 6.07) is 0. The highest BCUT2D eigenvalue weighted by molar-refractivity contribution is 5.40. The molecule has 158 valence electrons. The van der Waals surface area contributed by atoms with Crippen molar-refractivity contribution >= 4 is 0 Å². The van der Waals surface area contributed by atoms with Crippen molar-refractivity contribution in [2.45, 2.75) is 59.7 Å². The molecule has 0 radical (unpaired) electrons. The topological polar surface area (TPSA) is 27.7 Å². The number of methoxy groups -OCH3 is 1. The zero-order chi connectivity index (χ0) is 21.1. The molecule has 1 rings (SSSR count). The van der Waals surface area contributed by atoms with Gasteiger partial charge in [0.25, 0.3) is 0 Å². The van der Waals surface area contributed by atoms with Crippen LogP contribution in [0, 0.1) is 5.92 Å². The summed E-state index contributed by atoms with van der Waals surface area (Å²) in [5.74, 6) is -1.49. The van der Waals surface area contributed by atoms with Gasteiger partial charge in [-0.25, -0.2) is 8.78 Å². The van der Waals surface area contributed by atoms with E-state index in [2.05, 4.69) is 6.58 Å². The van der Waals surface area contributed by atoms with E-state index in [0.717, 1.165) is 24.8 Å². The van der Waals surface area contributed by atoms with Gasteiger partial charge in [0.15, 0.2) is 17.9 Å². The largest absolute Gasteiger partial charge is 0.498 e. The predicted octanol–water partition coefficient (Wildman–Crippen LogP) is 6.71. The fraction of sp³-hybridized carbons (Fsp3) is 0.565. The van der Waals surface area contributed by atoms with Crippen LogP contribution in [0.3, 0.4) is 0 Å². The molecule has 5 heteroatoms. The van der Waals surface area contributed by atoms with Crippen LogP contribution in [0.1, 0.15) is 53.4 Å². The molecule has 0 N–H and O–H groups in total. The highest BCUT2D eigenvalue weighted by atomic mass is 19.2. The van der Waals surface area contributed by atoms with Crippen molar-refractivity contribution in [3.05, 3.63) is 58.9 Å². The maximum Gasteiger partial charge on any atom is 0.196 e. The van der Waals surface area contributed by atoms with Gasteiger partial charge in [0.1, 0.15) is 5.76 Å². The molecule has 0 aliphatic carbocycles. The summed E-state index contributed by atoms with van der Waals surface area (Å²) >= 11 is 0. The van der Waals surface area contributed by atoms with Gasteiger partial charge in [0, 0.05) is 5.92 Å². The van der Waals surface area contributed by atoms with E-state index in [-0.39, 0.29) is 12.0 Å². The van der Waals surface area contributed by atoms with Crippen molar-refractivity contribution in [2.75, 3.05) is 20.3 Å². The van der Waals surface area contributed by atoms with Crippen LogP contribution in [-0.4, -0.2) is 26.6 Å². The van der Waals surface area contributed by atoms with E-state index in [9.17, 15) is 8.78 Å². The molecule has 0 saturated carbocycles. The summed E-state index contributed by atoms with van der Waals surface area (Å²) < 4.78 is 44.9. The first-order chi connectivity index (χ1) is 13.4. The number of allylic oxidation sites excluding steroid dienone is 7. The van der Waals surface area contributed by atoms with E-state index >= 15 is 0 Å². The second-order valence-electron chi connectivity index (χ2n) is 6.90. The molecule has 2 unspecified atom stereocenters. The molecule has 28 heavy (non-hydrogen) atoms. The van der Waals surface area contributed by atoms with Gasteiger partial charge in [-0.15, -0.1) is 6.58 Å². The summed E-state index contributed by atoms with van der Waals surface area (Å²) in [5, 5.41) is 0. The molecule has 0 bridgehead atoms. The van der Waals surface area contributed by atoms with Gasteiger partial charge in [-0.05, 0) is 56.3 Å². The molecule has 0 aromatic rings. The molecule has 3 nitrogen and oxygen atoms in total. The second kappa shape index (κ2) is 12.7. The van der Waals surface area contributed by atoms with Crippen LogP contribution in [-0.2, 0) is 14.2 Å². The Morgan fingerprint density at radius 2 is 1.82 bits per heavy atom. The summed E-state index contributed by atoms with van der Waals surface area (Å²) in [5.41, 5.74) is 2.06. The number of ether oxygens (including phenoxy) is 3. The van der Waals surface area contributed by atoms with E-state index in [4.69, 9.17) is 14.2 Å². The van der Waals surface area contributed by atoms with Gasteiger partial charge in [-0.2, -0.15) is 0 Å². The lowest BCUT2D eigenvalue weighted by atomic mass is 10.0.